The summed E-state index contributed by atoms with van der Waals surface area (Å²) in [5.74, 6) is 2.04. The second-order valence-electron chi connectivity index (χ2n) is 4.69. The number of nitrogens with two attached hydrogens (primary N) is 1. The van der Waals surface area contributed by atoms with Gasteiger partial charge in [-0.15, -0.1) is 0 Å². The van der Waals surface area contributed by atoms with E-state index in [0.29, 0.717) is 12.0 Å². The standard InChI is InChI=1S/C12H19BrN4/c1-2-8-3-5-9(6-4-8)16-11-10(13)7-15-12(14)17-11/h7-9H,2-6H2,1H3,(H3,14,15,16,17). The van der Waals surface area contributed by atoms with Crippen molar-refractivity contribution in [2.24, 2.45) is 5.92 Å². The first-order chi connectivity index (χ1) is 8.19. The highest BCUT2D eigenvalue weighted by Gasteiger charge is 2.20. The van der Waals surface area contributed by atoms with E-state index in [4.69, 9.17) is 5.73 Å². The third-order valence-corrected chi connectivity index (χ3v) is 4.11. The Morgan fingerprint density at radius 1 is 1.41 bits per heavy atom. The lowest BCUT2D eigenvalue weighted by molar-refractivity contribution is 0.330. The number of anilines is 2. The van der Waals surface area contributed by atoms with E-state index in [1.54, 1.807) is 6.20 Å². The average molecular weight is 299 g/mol. The zero-order valence-electron chi connectivity index (χ0n) is 10.1. The van der Waals surface area contributed by atoms with Crippen molar-refractivity contribution >= 4 is 27.7 Å². The molecule has 1 fully saturated rings. The highest BCUT2D eigenvalue weighted by molar-refractivity contribution is 9.10. The van der Waals surface area contributed by atoms with Crippen LogP contribution in [-0.4, -0.2) is 16.0 Å². The first-order valence-corrected chi connectivity index (χ1v) is 7.03. The summed E-state index contributed by atoms with van der Waals surface area (Å²) in [5, 5.41) is 3.46. The zero-order valence-corrected chi connectivity index (χ0v) is 11.7. The fraction of sp³-hybridized carbons (Fsp3) is 0.667. The van der Waals surface area contributed by atoms with E-state index in [-0.39, 0.29) is 0 Å². The van der Waals surface area contributed by atoms with E-state index in [2.05, 4.69) is 38.1 Å². The molecule has 1 aromatic rings. The molecule has 1 aromatic heterocycles. The molecule has 4 nitrogen and oxygen atoms in total. The molecule has 2 rings (SSSR count). The van der Waals surface area contributed by atoms with Gasteiger partial charge in [0.15, 0.2) is 0 Å². The number of rotatable bonds is 3. The summed E-state index contributed by atoms with van der Waals surface area (Å²) in [6.45, 7) is 2.28. The Balaban J connectivity index is 1.95. The summed E-state index contributed by atoms with van der Waals surface area (Å²) in [5.41, 5.74) is 5.59. The lowest BCUT2D eigenvalue weighted by Gasteiger charge is -2.29. The lowest BCUT2D eigenvalue weighted by Crippen LogP contribution is -2.26. The van der Waals surface area contributed by atoms with Crippen LogP contribution in [0.4, 0.5) is 11.8 Å². The van der Waals surface area contributed by atoms with Gasteiger partial charge in [0.2, 0.25) is 5.95 Å². The molecule has 17 heavy (non-hydrogen) atoms. The molecule has 1 saturated carbocycles. The molecule has 0 atom stereocenters. The monoisotopic (exact) mass is 298 g/mol. The van der Waals surface area contributed by atoms with E-state index in [9.17, 15) is 0 Å². The van der Waals surface area contributed by atoms with Crippen molar-refractivity contribution in [2.45, 2.75) is 45.1 Å². The quantitative estimate of drug-likeness (QED) is 0.899. The van der Waals surface area contributed by atoms with E-state index in [1.807, 2.05) is 0 Å². The zero-order chi connectivity index (χ0) is 12.3. The first kappa shape index (κ1) is 12.6. The topological polar surface area (TPSA) is 63.8 Å². The highest BCUT2D eigenvalue weighted by Crippen LogP contribution is 2.29. The maximum absolute atomic E-state index is 5.59. The Morgan fingerprint density at radius 3 is 2.76 bits per heavy atom. The van der Waals surface area contributed by atoms with Gasteiger partial charge in [-0.2, -0.15) is 4.98 Å². The number of halogens is 1. The fourth-order valence-corrected chi connectivity index (χ4v) is 2.70. The Bertz CT molecular complexity index is 375. The van der Waals surface area contributed by atoms with Crippen molar-refractivity contribution in [3.05, 3.63) is 10.7 Å². The molecule has 94 valence electrons. The van der Waals surface area contributed by atoms with Crippen molar-refractivity contribution < 1.29 is 0 Å². The number of aromatic nitrogens is 2. The lowest BCUT2D eigenvalue weighted by atomic mass is 9.84. The molecular formula is C12H19BrN4. The Labute approximate surface area is 111 Å². The van der Waals surface area contributed by atoms with Gasteiger partial charge in [0, 0.05) is 12.2 Å². The van der Waals surface area contributed by atoms with Crippen LogP contribution >= 0.6 is 15.9 Å². The summed E-state index contributed by atoms with van der Waals surface area (Å²) >= 11 is 3.44. The predicted molar refractivity (Wildman–Crippen MR) is 73.8 cm³/mol. The van der Waals surface area contributed by atoms with Crippen LogP contribution in [0.5, 0.6) is 0 Å². The minimum absolute atomic E-state index is 0.318. The van der Waals surface area contributed by atoms with Gasteiger partial charge in [-0.25, -0.2) is 4.98 Å². The van der Waals surface area contributed by atoms with Crippen LogP contribution in [0.25, 0.3) is 0 Å². The number of hydrogen-bond acceptors (Lipinski definition) is 4. The smallest absolute Gasteiger partial charge is 0.221 e. The van der Waals surface area contributed by atoms with Gasteiger partial charge in [-0.05, 0) is 47.5 Å². The number of nitrogens with one attached hydrogen (secondary N) is 1. The molecule has 1 aliphatic rings. The molecule has 0 bridgehead atoms. The molecule has 0 radical (unpaired) electrons. The molecule has 1 heterocycles. The molecule has 5 heteroatoms. The van der Waals surface area contributed by atoms with Gasteiger partial charge in [0.25, 0.3) is 0 Å². The fourth-order valence-electron chi connectivity index (χ4n) is 2.39. The number of nitrogen functional groups attached to an aromatic ring is 1. The Kier molecular flexibility index (Phi) is 4.20. The van der Waals surface area contributed by atoms with Crippen molar-refractivity contribution in [1.82, 2.24) is 9.97 Å². The molecular weight excluding hydrogens is 280 g/mol. The Morgan fingerprint density at radius 2 is 2.12 bits per heavy atom. The van der Waals surface area contributed by atoms with Crippen molar-refractivity contribution in [2.75, 3.05) is 11.1 Å². The summed E-state index contributed by atoms with van der Waals surface area (Å²) < 4.78 is 0.879. The first-order valence-electron chi connectivity index (χ1n) is 6.23. The van der Waals surface area contributed by atoms with Crippen LogP contribution in [0.1, 0.15) is 39.0 Å². The van der Waals surface area contributed by atoms with Crippen LogP contribution in [-0.2, 0) is 0 Å². The van der Waals surface area contributed by atoms with Gasteiger partial charge in [-0.3, -0.25) is 0 Å². The summed E-state index contributed by atoms with van der Waals surface area (Å²) in [6, 6.07) is 0.517. The van der Waals surface area contributed by atoms with Gasteiger partial charge in [0.05, 0.1) is 4.47 Å². The molecule has 0 saturated heterocycles. The molecule has 0 aliphatic heterocycles. The summed E-state index contributed by atoms with van der Waals surface area (Å²) in [7, 11) is 0. The van der Waals surface area contributed by atoms with Crippen molar-refractivity contribution in [3.8, 4) is 0 Å². The molecule has 3 N–H and O–H groups in total. The van der Waals surface area contributed by atoms with E-state index in [1.165, 1.54) is 32.1 Å². The maximum Gasteiger partial charge on any atom is 0.221 e. The van der Waals surface area contributed by atoms with Crippen LogP contribution < -0.4 is 11.1 Å². The maximum atomic E-state index is 5.59. The Hall–Kier alpha value is -0.840. The largest absolute Gasteiger partial charge is 0.368 e. The van der Waals surface area contributed by atoms with Crippen LogP contribution in [0.2, 0.25) is 0 Å². The summed E-state index contributed by atoms with van der Waals surface area (Å²) in [4.78, 5) is 8.15. The minimum Gasteiger partial charge on any atom is -0.368 e. The van der Waals surface area contributed by atoms with E-state index in [0.717, 1.165) is 16.2 Å². The van der Waals surface area contributed by atoms with Crippen molar-refractivity contribution in [3.63, 3.8) is 0 Å². The average Bonchev–Trinajstić information content (AvgIpc) is 2.35. The van der Waals surface area contributed by atoms with Gasteiger partial charge >= 0.3 is 0 Å². The highest BCUT2D eigenvalue weighted by atomic mass is 79.9. The molecule has 1 aliphatic carbocycles. The number of hydrogen-bond donors (Lipinski definition) is 2. The van der Waals surface area contributed by atoms with E-state index >= 15 is 0 Å². The predicted octanol–water partition coefficient (Wildman–Crippen LogP) is 3.20. The van der Waals surface area contributed by atoms with Crippen LogP contribution in [0, 0.1) is 5.92 Å². The van der Waals surface area contributed by atoms with Gasteiger partial charge in [0.1, 0.15) is 5.82 Å². The third-order valence-electron chi connectivity index (χ3n) is 3.53. The molecule has 0 aromatic carbocycles. The normalized spacial score (nSPS) is 24.6. The summed E-state index contributed by atoms with van der Waals surface area (Å²) in [6.07, 6.45) is 8.06. The second kappa shape index (κ2) is 5.67. The van der Waals surface area contributed by atoms with Crippen LogP contribution in [0.3, 0.4) is 0 Å². The third kappa shape index (κ3) is 3.31. The SMILES string of the molecule is CCC1CCC(Nc2nc(N)ncc2Br)CC1. The van der Waals surface area contributed by atoms with Crippen molar-refractivity contribution in [1.29, 1.82) is 0 Å². The number of nitrogens with zero attached hydrogens (tertiary/aromatic N) is 2. The van der Waals surface area contributed by atoms with Crippen LogP contribution in [0.15, 0.2) is 10.7 Å². The molecule has 0 unspecified atom stereocenters. The molecule has 0 spiro atoms. The second-order valence-corrected chi connectivity index (χ2v) is 5.55. The van der Waals surface area contributed by atoms with E-state index < -0.39 is 0 Å². The van der Waals surface area contributed by atoms with Gasteiger partial charge < -0.3 is 11.1 Å². The molecule has 0 amide bonds. The minimum atomic E-state index is 0.318. The van der Waals surface area contributed by atoms with Gasteiger partial charge in [-0.1, -0.05) is 13.3 Å².